The molecule has 1 amide bonds. The Kier molecular flexibility index (Phi) is 5.21. The van der Waals surface area contributed by atoms with Gasteiger partial charge in [-0.2, -0.15) is 0 Å². The second-order valence-corrected chi connectivity index (χ2v) is 8.33. The molecule has 3 aromatic rings. The van der Waals surface area contributed by atoms with Crippen LogP contribution in [0.15, 0.2) is 24.4 Å². The number of pyridine rings is 1. The minimum Gasteiger partial charge on any atom is -0.494 e. The lowest BCUT2D eigenvalue weighted by Gasteiger charge is -2.27. The van der Waals surface area contributed by atoms with E-state index in [2.05, 4.69) is 9.97 Å². The number of rotatable bonds is 2. The highest BCUT2D eigenvalue weighted by Gasteiger charge is 2.28. The van der Waals surface area contributed by atoms with Crippen LogP contribution in [0.2, 0.25) is 10.0 Å². The molecular formula is C20H21Cl2N3O3. The van der Waals surface area contributed by atoms with Crippen molar-refractivity contribution in [1.82, 2.24) is 9.97 Å². The number of aryl methyl sites for hydroxylation is 1. The predicted molar refractivity (Wildman–Crippen MR) is 113 cm³/mol. The van der Waals surface area contributed by atoms with E-state index in [0.717, 1.165) is 0 Å². The van der Waals surface area contributed by atoms with E-state index in [-0.39, 0.29) is 5.88 Å². The van der Waals surface area contributed by atoms with Crippen LogP contribution >= 0.6 is 23.2 Å². The SMILES string of the molecule is Cc1nc2c[nH]c(O)c2c(-c2ccc(Cl)cc2Cl)c1N(C)C(=O)OC(C)(C)C. The van der Waals surface area contributed by atoms with E-state index in [9.17, 15) is 9.90 Å². The Hall–Kier alpha value is -2.44. The Labute approximate surface area is 173 Å². The predicted octanol–water partition coefficient (Wildman–Crippen LogP) is 5.92. The van der Waals surface area contributed by atoms with Gasteiger partial charge in [0, 0.05) is 34.4 Å². The molecule has 6 nitrogen and oxygen atoms in total. The average Bonchev–Trinajstić information content (AvgIpc) is 2.92. The van der Waals surface area contributed by atoms with Gasteiger partial charge in [-0.3, -0.25) is 4.90 Å². The van der Waals surface area contributed by atoms with Gasteiger partial charge in [-0.15, -0.1) is 0 Å². The fourth-order valence-electron chi connectivity index (χ4n) is 3.06. The van der Waals surface area contributed by atoms with E-state index in [0.29, 0.717) is 43.5 Å². The van der Waals surface area contributed by atoms with Crippen molar-refractivity contribution in [1.29, 1.82) is 0 Å². The Morgan fingerprint density at radius 1 is 1.29 bits per heavy atom. The van der Waals surface area contributed by atoms with E-state index in [4.69, 9.17) is 27.9 Å². The van der Waals surface area contributed by atoms with Gasteiger partial charge in [0.25, 0.3) is 0 Å². The number of halogens is 2. The molecule has 1 aromatic carbocycles. The maximum atomic E-state index is 12.7. The molecule has 28 heavy (non-hydrogen) atoms. The number of carbonyl (C=O) groups excluding carboxylic acids is 1. The molecular weight excluding hydrogens is 401 g/mol. The molecule has 0 aliphatic heterocycles. The normalized spacial score (nSPS) is 11.7. The highest BCUT2D eigenvalue weighted by molar-refractivity contribution is 6.37. The first-order valence-electron chi connectivity index (χ1n) is 8.62. The number of hydrogen-bond acceptors (Lipinski definition) is 4. The first-order chi connectivity index (χ1) is 13.0. The largest absolute Gasteiger partial charge is 0.494 e. The van der Waals surface area contributed by atoms with Crippen molar-refractivity contribution in [3.8, 4) is 17.0 Å². The summed E-state index contributed by atoms with van der Waals surface area (Å²) in [5, 5.41) is 11.8. The number of H-pyrrole nitrogens is 1. The van der Waals surface area contributed by atoms with Crippen LogP contribution in [-0.2, 0) is 4.74 Å². The van der Waals surface area contributed by atoms with E-state index in [1.165, 1.54) is 4.90 Å². The van der Waals surface area contributed by atoms with Gasteiger partial charge in [0.1, 0.15) is 5.60 Å². The van der Waals surface area contributed by atoms with Crippen LogP contribution in [0.4, 0.5) is 10.5 Å². The number of benzene rings is 1. The number of carbonyl (C=O) groups is 1. The van der Waals surface area contributed by atoms with Gasteiger partial charge >= 0.3 is 6.09 Å². The minimum atomic E-state index is -0.662. The summed E-state index contributed by atoms with van der Waals surface area (Å²) < 4.78 is 5.51. The molecule has 0 atom stereocenters. The number of nitrogens with one attached hydrogen (secondary N) is 1. The maximum absolute atomic E-state index is 12.7. The molecule has 0 aliphatic carbocycles. The number of amides is 1. The zero-order valence-corrected chi connectivity index (χ0v) is 17.7. The molecule has 0 unspecified atom stereocenters. The minimum absolute atomic E-state index is 0.0673. The Bertz CT molecular complexity index is 1070. The number of hydrogen-bond donors (Lipinski definition) is 2. The van der Waals surface area contributed by atoms with Gasteiger partial charge in [-0.05, 0) is 39.8 Å². The van der Waals surface area contributed by atoms with Crippen molar-refractivity contribution in [3.05, 3.63) is 40.1 Å². The van der Waals surface area contributed by atoms with E-state index < -0.39 is 11.7 Å². The summed E-state index contributed by atoms with van der Waals surface area (Å²) in [6.45, 7) is 7.17. The van der Waals surface area contributed by atoms with Crippen LogP contribution in [0.3, 0.4) is 0 Å². The summed E-state index contributed by atoms with van der Waals surface area (Å²) >= 11 is 12.5. The summed E-state index contributed by atoms with van der Waals surface area (Å²) in [5.41, 5.74) is 2.14. The number of aromatic hydroxyl groups is 1. The lowest BCUT2D eigenvalue weighted by Crippen LogP contribution is -2.35. The summed E-state index contributed by atoms with van der Waals surface area (Å²) in [6.07, 6.45) is 1.06. The first kappa shape index (κ1) is 20.3. The number of fused-ring (bicyclic) bond motifs is 1. The second kappa shape index (κ2) is 7.18. The maximum Gasteiger partial charge on any atom is 0.414 e. The molecule has 0 saturated heterocycles. The zero-order valence-electron chi connectivity index (χ0n) is 16.2. The average molecular weight is 422 g/mol. The van der Waals surface area contributed by atoms with Crippen molar-refractivity contribution in [2.75, 3.05) is 11.9 Å². The van der Waals surface area contributed by atoms with E-state index >= 15 is 0 Å². The van der Waals surface area contributed by atoms with Crippen molar-refractivity contribution in [2.24, 2.45) is 0 Å². The monoisotopic (exact) mass is 421 g/mol. The number of aromatic amines is 1. The molecule has 0 radical (unpaired) electrons. The number of anilines is 1. The van der Waals surface area contributed by atoms with Gasteiger partial charge in [-0.1, -0.05) is 29.3 Å². The molecule has 3 rings (SSSR count). The van der Waals surface area contributed by atoms with Gasteiger partial charge in [-0.25, -0.2) is 9.78 Å². The standard InChI is InChI=1S/C20H21Cl2N3O3/c1-10-17(25(5)19(27)28-20(2,3)4)15(12-7-6-11(21)8-13(12)22)16-14(24-10)9-23-18(16)26/h6-9,23,26H,1-5H3. The fraction of sp³-hybridized carbons (Fsp3) is 0.300. The molecule has 0 aliphatic rings. The highest BCUT2D eigenvalue weighted by atomic mass is 35.5. The molecule has 148 valence electrons. The molecule has 8 heteroatoms. The van der Waals surface area contributed by atoms with Crippen LogP contribution in [0.25, 0.3) is 22.0 Å². The molecule has 0 spiro atoms. The smallest absolute Gasteiger partial charge is 0.414 e. The van der Waals surface area contributed by atoms with Crippen molar-refractivity contribution in [2.45, 2.75) is 33.3 Å². The summed E-state index contributed by atoms with van der Waals surface area (Å²) in [4.78, 5) is 21.4. The van der Waals surface area contributed by atoms with Crippen LogP contribution in [0.1, 0.15) is 26.5 Å². The van der Waals surface area contributed by atoms with Gasteiger partial charge < -0.3 is 14.8 Å². The Morgan fingerprint density at radius 3 is 2.57 bits per heavy atom. The third-order valence-electron chi connectivity index (χ3n) is 4.16. The van der Waals surface area contributed by atoms with E-state index in [1.54, 1.807) is 59.1 Å². The van der Waals surface area contributed by atoms with Crippen LogP contribution in [0, 0.1) is 6.92 Å². The van der Waals surface area contributed by atoms with Crippen molar-refractivity contribution in [3.63, 3.8) is 0 Å². The number of aromatic nitrogens is 2. The highest BCUT2D eigenvalue weighted by Crippen LogP contribution is 2.45. The molecule has 2 aromatic heterocycles. The Balaban J connectivity index is 2.32. The molecule has 0 fully saturated rings. The summed E-state index contributed by atoms with van der Waals surface area (Å²) in [6, 6.07) is 5.06. The summed E-state index contributed by atoms with van der Waals surface area (Å²) in [5.74, 6) is -0.0673. The van der Waals surface area contributed by atoms with Crippen LogP contribution < -0.4 is 4.90 Å². The van der Waals surface area contributed by atoms with Gasteiger partial charge in [0.15, 0.2) is 5.88 Å². The topological polar surface area (TPSA) is 78.5 Å². The molecule has 2 heterocycles. The fourth-order valence-corrected chi connectivity index (χ4v) is 3.56. The van der Waals surface area contributed by atoms with Crippen molar-refractivity contribution >= 4 is 45.9 Å². The lowest BCUT2D eigenvalue weighted by atomic mass is 9.99. The van der Waals surface area contributed by atoms with Crippen molar-refractivity contribution < 1.29 is 14.6 Å². The molecule has 2 N–H and O–H groups in total. The molecule has 0 saturated carbocycles. The molecule has 0 bridgehead atoms. The number of nitrogens with zero attached hydrogens (tertiary/aromatic N) is 2. The van der Waals surface area contributed by atoms with Gasteiger partial charge in [0.05, 0.1) is 22.3 Å². The second-order valence-electron chi connectivity index (χ2n) is 7.48. The quantitative estimate of drug-likeness (QED) is 0.537. The lowest BCUT2D eigenvalue weighted by molar-refractivity contribution is 0.0589. The van der Waals surface area contributed by atoms with Crippen LogP contribution in [-0.4, -0.2) is 33.8 Å². The van der Waals surface area contributed by atoms with E-state index in [1.807, 2.05) is 0 Å². The summed E-state index contributed by atoms with van der Waals surface area (Å²) in [7, 11) is 1.60. The first-order valence-corrected chi connectivity index (χ1v) is 9.38. The zero-order chi connectivity index (χ0) is 20.8. The van der Waals surface area contributed by atoms with Gasteiger partial charge in [0.2, 0.25) is 0 Å². The van der Waals surface area contributed by atoms with Crippen LogP contribution in [0.5, 0.6) is 5.88 Å². The Morgan fingerprint density at radius 2 is 1.96 bits per heavy atom. The third kappa shape index (κ3) is 3.75. The third-order valence-corrected chi connectivity index (χ3v) is 4.71. The number of ether oxygens (including phenoxy) is 1.